The number of aromatic nitrogens is 6. The SMILES string of the molecule is c1ccc(-c2n[nH]c(C3CCN(Cc4cn5cccnc5n4)CC3)n2)cc1. The third-order valence-corrected chi connectivity index (χ3v) is 5.18. The summed E-state index contributed by atoms with van der Waals surface area (Å²) < 4.78 is 1.97. The topological polar surface area (TPSA) is 75.0 Å². The third-order valence-electron chi connectivity index (χ3n) is 5.18. The first kappa shape index (κ1) is 16.1. The molecule has 4 aromatic rings. The highest BCUT2D eigenvalue weighted by Gasteiger charge is 2.24. The van der Waals surface area contributed by atoms with Crippen molar-refractivity contribution in [1.82, 2.24) is 34.4 Å². The second-order valence-electron chi connectivity index (χ2n) is 7.02. The van der Waals surface area contributed by atoms with Crippen LogP contribution in [0.1, 0.15) is 30.3 Å². The Bertz CT molecular complexity index is 996. The fourth-order valence-electron chi connectivity index (χ4n) is 3.72. The minimum absolute atomic E-state index is 0.439. The molecule has 27 heavy (non-hydrogen) atoms. The third kappa shape index (κ3) is 3.33. The van der Waals surface area contributed by atoms with E-state index in [2.05, 4.69) is 31.3 Å². The maximum absolute atomic E-state index is 4.73. The van der Waals surface area contributed by atoms with Gasteiger partial charge in [0, 0.05) is 36.6 Å². The van der Waals surface area contributed by atoms with Crippen molar-refractivity contribution in [3.05, 3.63) is 66.5 Å². The van der Waals surface area contributed by atoms with Gasteiger partial charge in [-0.05, 0) is 32.0 Å². The summed E-state index contributed by atoms with van der Waals surface area (Å²) in [6, 6.07) is 12.0. The van der Waals surface area contributed by atoms with Gasteiger partial charge < -0.3 is 0 Å². The normalized spacial score (nSPS) is 16.1. The van der Waals surface area contributed by atoms with Crippen LogP contribution in [0, 0.1) is 0 Å². The molecule has 0 unspecified atom stereocenters. The molecule has 136 valence electrons. The molecular weight excluding hydrogens is 338 g/mol. The highest BCUT2D eigenvalue weighted by Crippen LogP contribution is 2.27. The van der Waals surface area contributed by atoms with Gasteiger partial charge >= 0.3 is 0 Å². The van der Waals surface area contributed by atoms with Gasteiger partial charge in [-0.1, -0.05) is 30.3 Å². The number of benzene rings is 1. The summed E-state index contributed by atoms with van der Waals surface area (Å²) in [6.45, 7) is 2.93. The highest BCUT2D eigenvalue weighted by molar-refractivity contribution is 5.53. The van der Waals surface area contributed by atoms with E-state index in [-0.39, 0.29) is 0 Å². The van der Waals surface area contributed by atoms with Crippen LogP contribution in [0.2, 0.25) is 0 Å². The molecule has 1 aliphatic rings. The van der Waals surface area contributed by atoms with Gasteiger partial charge in [-0.2, -0.15) is 5.10 Å². The summed E-state index contributed by atoms with van der Waals surface area (Å²) in [5, 5.41) is 7.56. The predicted octanol–water partition coefficient (Wildman–Crippen LogP) is 2.89. The summed E-state index contributed by atoms with van der Waals surface area (Å²) >= 11 is 0. The van der Waals surface area contributed by atoms with Crippen molar-refractivity contribution in [3.63, 3.8) is 0 Å². The Morgan fingerprint density at radius 3 is 2.70 bits per heavy atom. The molecule has 0 bridgehead atoms. The largest absolute Gasteiger partial charge is 0.297 e. The fraction of sp³-hybridized carbons (Fsp3) is 0.300. The molecule has 0 saturated carbocycles. The van der Waals surface area contributed by atoms with E-state index >= 15 is 0 Å². The summed E-state index contributed by atoms with van der Waals surface area (Å²) in [4.78, 5) is 16.1. The van der Waals surface area contributed by atoms with Crippen molar-refractivity contribution in [2.24, 2.45) is 0 Å². The zero-order valence-corrected chi connectivity index (χ0v) is 15.0. The Morgan fingerprint density at radius 2 is 1.89 bits per heavy atom. The molecule has 1 fully saturated rings. The van der Waals surface area contributed by atoms with E-state index in [1.54, 1.807) is 6.20 Å². The van der Waals surface area contributed by atoms with Crippen molar-refractivity contribution in [2.45, 2.75) is 25.3 Å². The number of hydrogen-bond acceptors (Lipinski definition) is 5. The van der Waals surface area contributed by atoms with Crippen molar-refractivity contribution in [1.29, 1.82) is 0 Å². The quantitative estimate of drug-likeness (QED) is 0.606. The number of likely N-dealkylation sites (tertiary alicyclic amines) is 1. The molecule has 0 spiro atoms. The lowest BCUT2D eigenvalue weighted by atomic mass is 9.96. The summed E-state index contributed by atoms with van der Waals surface area (Å²) in [6.07, 6.45) is 7.99. The lowest BCUT2D eigenvalue weighted by molar-refractivity contribution is 0.200. The molecule has 1 saturated heterocycles. The zero-order chi connectivity index (χ0) is 18.1. The number of imidazole rings is 1. The first-order valence-corrected chi connectivity index (χ1v) is 9.34. The van der Waals surface area contributed by atoms with Crippen LogP contribution in [0.15, 0.2) is 55.0 Å². The molecule has 1 aromatic carbocycles. The molecule has 4 heterocycles. The standard InChI is InChI=1S/C20H21N7/c1-2-5-15(6-3-1)18-23-19(25-24-18)16-7-11-26(12-8-16)13-17-14-27-10-4-9-21-20(27)22-17/h1-6,9-10,14,16H,7-8,11-13H2,(H,23,24,25). The van der Waals surface area contributed by atoms with Crippen LogP contribution in [-0.2, 0) is 6.54 Å². The number of nitrogens with zero attached hydrogens (tertiary/aromatic N) is 6. The van der Waals surface area contributed by atoms with Gasteiger partial charge in [0.25, 0.3) is 0 Å². The van der Waals surface area contributed by atoms with E-state index in [0.29, 0.717) is 5.92 Å². The molecule has 1 N–H and O–H groups in total. The van der Waals surface area contributed by atoms with E-state index in [0.717, 1.165) is 61.2 Å². The summed E-state index contributed by atoms with van der Waals surface area (Å²) in [5.74, 6) is 2.99. The van der Waals surface area contributed by atoms with Gasteiger partial charge in [0.1, 0.15) is 5.82 Å². The van der Waals surface area contributed by atoms with Crippen LogP contribution in [0.4, 0.5) is 0 Å². The molecule has 0 amide bonds. The Balaban J connectivity index is 1.22. The Kier molecular flexibility index (Phi) is 4.14. The second kappa shape index (κ2) is 6.92. The molecular formula is C20H21N7. The van der Waals surface area contributed by atoms with Crippen LogP contribution in [-0.4, -0.2) is 47.5 Å². The number of rotatable bonds is 4. The molecule has 7 nitrogen and oxygen atoms in total. The van der Waals surface area contributed by atoms with Crippen LogP contribution in [0.5, 0.6) is 0 Å². The molecule has 5 rings (SSSR count). The maximum Gasteiger partial charge on any atom is 0.233 e. The Labute approximate surface area is 157 Å². The molecule has 0 aliphatic carbocycles. The minimum atomic E-state index is 0.439. The maximum atomic E-state index is 4.73. The average molecular weight is 359 g/mol. The fourth-order valence-corrected chi connectivity index (χ4v) is 3.72. The van der Waals surface area contributed by atoms with Crippen LogP contribution in [0.25, 0.3) is 17.2 Å². The number of aromatic amines is 1. The molecule has 7 heteroatoms. The Morgan fingerprint density at radius 1 is 1.04 bits per heavy atom. The van der Waals surface area contributed by atoms with Gasteiger partial charge in [-0.25, -0.2) is 15.0 Å². The molecule has 0 radical (unpaired) electrons. The summed E-state index contributed by atoms with van der Waals surface area (Å²) in [7, 11) is 0. The van der Waals surface area contributed by atoms with Gasteiger partial charge in [0.2, 0.25) is 5.78 Å². The van der Waals surface area contributed by atoms with Crippen molar-refractivity contribution < 1.29 is 0 Å². The summed E-state index contributed by atoms with van der Waals surface area (Å²) in [5.41, 5.74) is 2.12. The van der Waals surface area contributed by atoms with Crippen LogP contribution < -0.4 is 0 Å². The molecule has 1 aliphatic heterocycles. The average Bonchev–Trinajstić information content (AvgIpc) is 3.36. The number of H-pyrrole nitrogens is 1. The van der Waals surface area contributed by atoms with Crippen molar-refractivity contribution in [2.75, 3.05) is 13.1 Å². The highest BCUT2D eigenvalue weighted by atomic mass is 15.2. The van der Waals surface area contributed by atoms with Gasteiger partial charge in [0.15, 0.2) is 5.82 Å². The zero-order valence-electron chi connectivity index (χ0n) is 15.0. The minimum Gasteiger partial charge on any atom is -0.297 e. The van der Waals surface area contributed by atoms with Crippen molar-refractivity contribution in [3.8, 4) is 11.4 Å². The second-order valence-corrected chi connectivity index (χ2v) is 7.02. The predicted molar refractivity (Wildman–Crippen MR) is 102 cm³/mol. The van der Waals surface area contributed by atoms with E-state index in [9.17, 15) is 0 Å². The Hall–Kier alpha value is -3.06. The first-order valence-electron chi connectivity index (χ1n) is 9.34. The van der Waals surface area contributed by atoms with Gasteiger partial charge in [-0.3, -0.25) is 14.4 Å². The van der Waals surface area contributed by atoms with Gasteiger partial charge in [0.05, 0.1) is 5.69 Å². The van der Waals surface area contributed by atoms with E-state index < -0.39 is 0 Å². The lowest BCUT2D eigenvalue weighted by Gasteiger charge is -2.30. The van der Waals surface area contributed by atoms with Crippen LogP contribution >= 0.6 is 0 Å². The number of hydrogen-bond donors (Lipinski definition) is 1. The number of fused-ring (bicyclic) bond motifs is 1. The van der Waals surface area contributed by atoms with Crippen molar-refractivity contribution >= 4 is 5.78 Å². The smallest absolute Gasteiger partial charge is 0.233 e. The van der Waals surface area contributed by atoms with Gasteiger partial charge in [-0.15, -0.1) is 0 Å². The van der Waals surface area contributed by atoms with E-state index in [1.165, 1.54) is 0 Å². The van der Waals surface area contributed by atoms with E-state index in [1.807, 2.05) is 47.0 Å². The lowest BCUT2D eigenvalue weighted by Crippen LogP contribution is -2.32. The monoisotopic (exact) mass is 359 g/mol. The first-order chi connectivity index (χ1) is 13.3. The number of piperidine rings is 1. The van der Waals surface area contributed by atoms with E-state index in [4.69, 9.17) is 4.98 Å². The molecule has 3 aromatic heterocycles. The number of nitrogens with one attached hydrogen (secondary N) is 1. The van der Waals surface area contributed by atoms with Crippen LogP contribution in [0.3, 0.4) is 0 Å². The molecule has 0 atom stereocenters.